The number of rotatable bonds is 11. The van der Waals surface area contributed by atoms with Crippen molar-refractivity contribution in [2.45, 2.75) is 40.2 Å². The summed E-state index contributed by atoms with van der Waals surface area (Å²) in [6.07, 6.45) is 4.97. The van der Waals surface area contributed by atoms with Gasteiger partial charge >= 0.3 is 0 Å². The molecule has 0 saturated heterocycles. The topological polar surface area (TPSA) is 78.8 Å². The van der Waals surface area contributed by atoms with Gasteiger partial charge in [-0.15, -0.1) is 24.0 Å². The first-order chi connectivity index (χ1) is 14.5. The molecular formula is C23H34FIN4O2. The SMILES string of the molecule is CCNC(=NCc1ccc(Oc2cccnc2)c(F)c1)NCC(CCO)CC(C)C.I. The Labute approximate surface area is 201 Å². The number of ether oxygens (including phenoxy) is 1. The molecule has 0 bridgehead atoms. The number of aliphatic imine (C=N–C) groups is 1. The lowest BCUT2D eigenvalue weighted by molar-refractivity contribution is 0.243. The molecule has 1 aromatic carbocycles. The Kier molecular flexibility index (Phi) is 13.1. The van der Waals surface area contributed by atoms with Crippen molar-refractivity contribution in [1.29, 1.82) is 0 Å². The minimum Gasteiger partial charge on any atom is -0.453 e. The molecule has 0 amide bonds. The molecule has 8 heteroatoms. The fraction of sp³-hybridized carbons (Fsp3) is 0.478. The molecule has 1 atom stereocenters. The highest BCUT2D eigenvalue weighted by Crippen LogP contribution is 2.24. The number of aromatic nitrogens is 1. The average molecular weight is 544 g/mol. The zero-order chi connectivity index (χ0) is 21.8. The van der Waals surface area contributed by atoms with Gasteiger partial charge in [0.1, 0.15) is 5.75 Å². The Morgan fingerprint density at radius 2 is 2.06 bits per heavy atom. The molecule has 0 fully saturated rings. The first kappa shape index (κ1) is 27.1. The van der Waals surface area contributed by atoms with E-state index in [0.717, 1.165) is 31.5 Å². The highest BCUT2D eigenvalue weighted by Gasteiger charge is 2.12. The third-order valence-corrected chi connectivity index (χ3v) is 4.52. The first-order valence-corrected chi connectivity index (χ1v) is 10.5. The van der Waals surface area contributed by atoms with Crippen molar-refractivity contribution in [2.75, 3.05) is 19.7 Å². The maximum Gasteiger partial charge on any atom is 0.191 e. The molecule has 31 heavy (non-hydrogen) atoms. The van der Waals surface area contributed by atoms with Crippen LogP contribution in [-0.2, 0) is 6.54 Å². The molecule has 0 aliphatic carbocycles. The Bertz CT molecular complexity index is 790. The van der Waals surface area contributed by atoms with E-state index < -0.39 is 5.82 Å². The lowest BCUT2D eigenvalue weighted by atomic mass is 9.94. The summed E-state index contributed by atoms with van der Waals surface area (Å²) in [5.41, 5.74) is 0.748. The fourth-order valence-corrected chi connectivity index (χ4v) is 3.17. The van der Waals surface area contributed by atoms with Gasteiger partial charge in [0.2, 0.25) is 0 Å². The van der Waals surface area contributed by atoms with E-state index in [1.165, 1.54) is 12.3 Å². The van der Waals surface area contributed by atoms with Crippen LogP contribution in [0.25, 0.3) is 0 Å². The van der Waals surface area contributed by atoms with Crippen LogP contribution >= 0.6 is 24.0 Å². The number of halogens is 2. The Hall–Kier alpha value is -1.94. The number of nitrogens with one attached hydrogen (secondary N) is 2. The number of guanidine groups is 1. The number of hydrogen-bond donors (Lipinski definition) is 3. The summed E-state index contributed by atoms with van der Waals surface area (Å²) in [7, 11) is 0. The van der Waals surface area contributed by atoms with E-state index in [-0.39, 0.29) is 36.3 Å². The van der Waals surface area contributed by atoms with Gasteiger partial charge in [0.25, 0.3) is 0 Å². The van der Waals surface area contributed by atoms with E-state index in [1.54, 1.807) is 30.5 Å². The van der Waals surface area contributed by atoms with Crippen molar-refractivity contribution in [3.05, 3.63) is 54.1 Å². The Balaban J connectivity index is 0.00000480. The van der Waals surface area contributed by atoms with Crippen LogP contribution in [0.3, 0.4) is 0 Å². The zero-order valence-electron chi connectivity index (χ0n) is 18.5. The van der Waals surface area contributed by atoms with Crippen LogP contribution in [0.2, 0.25) is 0 Å². The van der Waals surface area contributed by atoms with Crippen LogP contribution in [0.15, 0.2) is 47.7 Å². The van der Waals surface area contributed by atoms with Crippen molar-refractivity contribution in [3.63, 3.8) is 0 Å². The van der Waals surface area contributed by atoms with Gasteiger partial charge in [-0.05, 0) is 61.4 Å². The number of hydrogen-bond acceptors (Lipinski definition) is 4. The van der Waals surface area contributed by atoms with Gasteiger partial charge in [-0.3, -0.25) is 4.98 Å². The van der Waals surface area contributed by atoms with Gasteiger partial charge in [0.15, 0.2) is 17.5 Å². The summed E-state index contributed by atoms with van der Waals surface area (Å²) in [6.45, 7) is 8.35. The smallest absolute Gasteiger partial charge is 0.191 e. The predicted molar refractivity (Wildman–Crippen MR) is 134 cm³/mol. The maximum atomic E-state index is 14.4. The van der Waals surface area contributed by atoms with Gasteiger partial charge < -0.3 is 20.5 Å². The van der Waals surface area contributed by atoms with Gasteiger partial charge in [-0.25, -0.2) is 9.38 Å². The molecule has 172 valence electrons. The number of nitrogens with zero attached hydrogens (tertiary/aromatic N) is 2. The highest BCUT2D eigenvalue weighted by molar-refractivity contribution is 14.0. The third-order valence-electron chi connectivity index (χ3n) is 4.52. The lowest BCUT2D eigenvalue weighted by Gasteiger charge is -2.20. The summed E-state index contributed by atoms with van der Waals surface area (Å²) < 4.78 is 19.9. The molecule has 1 heterocycles. The lowest BCUT2D eigenvalue weighted by Crippen LogP contribution is -2.40. The van der Waals surface area contributed by atoms with Crippen LogP contribution in [0, 0.1) is 17.7 Å². The maximum absolute atomic E-state index is 14.4. The first-order valence-electron chi connectivity index (χ1n) is 10.5. The van der Waals surface area contributed by atoms with Crippen LogP contribution in [-0.4, -0.2) is 35.7 Å². The molecule has 0 radical (unpaired) electrons. The van der Waals surface area contributed by atoms with Crippen molar-refractivity contribution in [2.24, 2.45) is 16.8 Å². The van der Waals surface area contributed by atoms with Gasteiger partial charge in [0.05, 0.1) is 12.7 Å². The molecule has 1 aromatic heterocycles. The van der Waals surface area contributed by atoms with E-state index in [4.69, 9.17) is 4.74 Å². The highest BCUT2D eigenvalue weighted by atomic mass is 127. The van der Waals surface area contributed by atoms with E-state index >= 15 is 0 Å². The van der Waals surface area contributed by atoms with Gasteiger partial charge in [-0.1, -0.05) is 19.9 Å². The van der Waals surface area contributed by atoms with Crippen molar-refractivity contribution in [3.8, 4) is 11.5 Å². The summed E-state index contributed by atoms with van der Waals surface area (Å²) in [5.74, 6) is 1.82. The summed E-state index contributed by atoms with van der Waals surface area (Å²) in [6, 6.07) is 8.30. The average Bonchev–Trinajstić information content (AvgIpc) is 2.72. The molecule has 6 nitrogen and oxygen atoms in total. The second kappa shape index (κ2) is 15.0. The molecule has 2 rings (SSSR count). The summed E-state index contributed by atoms with van der Waals surface area (Å²) >= 11 is 0. The number of aliphatic hydroxyl groups is 1. The summed E-state index contributed by atoms with van der Waals surface area (Å²) in [5, 5.41) is 15.8. The standard InChI is InChI=1S/C23H33FN4O2.HI/c1-4-26-23(28-15-19(9-11-29)12-17(2)3)27-14-18-7-8-22(21(24)13-18)30-20-6-5-10-25-16-20;/h5-8,10,13,16-17,19,29H,4,9,11-12,14-15H2,1-3H3,(H2,26,27,28);1H. The predicted octanol–water partition coefficient (Wildman–Crippen LogP) is 4.73. The fourth-order valence-electron chi connectivity index (χ4n) is 3.17. The molecule has 0 aliphatic rings. The van der Waals surface area contributed by atoms with Crippen molar-refractivity contribution in [1.82, 2.24) is 15.6 Å². The van der Waals surface area contributed by atoms with E-state index in [2.05, 4.69) is 34.5 Å². The molecule has 0 saturated carbocycles. The van der Waals surface area contributed by atoms with Crippen LogP contribution < -0.4 is 15.4 Å². The van der Waals surface area contributed by atoms with Crippen molar-refractivity contribution < 1.29 is 14.2 Å². The number of pyridine rings is 1. The van der Waals surface area contributed by atoms with Crippen LogP contribution in [0.4, 0.5) is 4.39 Å². The molecule has 2 aromatic rings. The Morgan fingerprint density at radius 3 is 2.68 bits per heavy atom. The third kappa shape index (κ3) is 10.3. The van der Waals surface area contributed by atoms with Crippen molar-refractivity contribution >= 4 is 29.9 Å². The largest absolute Gasteiger partial charge is 0.453 e. The quantitative estimate of drug-likeness (QED) is 0.217. The second-order valence-corrected chi connectivity index (χ2v) is 7.64. The molecule has 3 N–H and O–H groups in total. The van der Waals surface area contributed by atoms with Crippen LogP contribution in [0.5, 0.6) is 11.5 Å². The van der Waals surface area contributed by atoms with Crippen LogP contribution in [0.1, 0.15) is 39.2 Å². The number of aliphatic hydroxyl groups excluding tert-OH is 1. The van der Waals surface area contributed by atoms with E-state index in [1.807, 2.05) is 6.92 Å². The molecule has 1 unspecified atom stereocenters. The zero-order valence-corrected chi connectivity index (χ0v) is 20.8. The Morgan fingerprint density at radius 1 is 1.26 bits per heavy atom. The number of benzene rings is 1. The molecule has 0 spiro atoms. The van der Waals surface area contributed by atoms with Gasteiger partial charge in [-0.2, -0.15) is 0 Å². The van der Waals surface area contributed by atoms with E-state index in [0.29, 0.717) is 30.1 Å². The van der Waals surface area contributed by atoms with E-state index in [9.17, 15) is 9.50 Å². The molecule has 0 aliphatic heterocycles. The minimum atomic E-state index is -0.440. The molecular weight excluding hydrogens is 510 g/mol. The monoisotopic (exact) mass is 544 g/mol. The van der Waals surface area contributed by atoms with Gasteiger partial charge in [0, 0.05) is 25.9 Å². The second-order valence-electron chi connectivity index (χ2n) is 7.64. The normalized spacial score (nSPS) is 12.3. The summed E-state index contributed by atoms with van der Waals surface area (Å²) in [4.78, 5) is 8.52. The minimum absolute atomic E-state index is 0.